The molecule has 152 valence electrons. The first-order chi connectivity index (χ1) is 14.1. The van der Waals surface area contributed by atoms with Crippen LogP contribution in [0.2, 0.25) is 5.02 Å². The SMILES string of the molecule is OC(COc1ccc2cc(Br)ccc2c1)CN1CCN(c2cccc(Cl)c2)CC1. The molecule has 0 spiro atoms. The monoisotopic (exact) mass is 474 g/mol. The Morgan fingerprint density at radius 1 is 0.966 bits per heavy atom. The second-order valence-electron chi connectivity index (χ2n) is 7.39. The van der Waals surface area contributed by atoms with Gasteiger partial charge >= 0.3 is 0 Å². The average molecular weight is 476 g/mol. The Morgan fingerprint density at radius 2 is 1.72 bits per heavy atom. The number of aliphatic hydroxyl groups is 1. The van der Waals surface area contributed by atoms with Gasteiger partial charge < -0.3 is 14.7 Å². The van der Waals surface area contributed by atoms with Crippen LogP contribution in [0.1, 0.15) is 0 Å². The molecular formula is C23H24BrClN2O2. The van der Waals surface area contributed by atoms with Crippen molar-refractivity contribution in [1.29, 1.82) is 0 Å². The molecule has 1 atom stereocenters. The quantitative estimate of drug-likeness (QED) is 0.555. The van der Waals surface area contributed by atoms with Gasteiger partial charge in [-0.25, -0.2) is 0 Å². The van der Waals surface area contributed by atoms with E-state index in [9.17, 15) is 5.11 Å². The van der Waals surface area contributed by atoms with Gasteiger partial charge in [0, 0.05) is 47.9 Å². The highest BCUT2D eigenvalue weighted by atomic mass is 79.9. The van der Waals surface area contributed by atoms with Gasteiger partial charge in [-0.2, -0.15) is 0 Å². The van der Waals surface area contributed by atoms with Crippen LogP contribution in [-0.2, 0) is 0 Å². The fourth-order valence-electron chi connectivity index (χ4n) is 3.69. The number of β-amino-alcohol motifs (C(OH)–C–C–N with tert-alkyl or cyclic N) is 1. The van der Waals surface area contributed by atoms with E-state index < -0.39 is 6.10 Å². The summed E-state index contributed by atoms with van der Waals surface area (Å²) < 4.78 is 6.90. The van der Waals surface area contributed by atoms with Gasteiger partial charge in [0.15, 0.2) is 0 Å². The van der Waals surface area contributed by atoms with Gasteiger partial charge in [0.05, 0.1) is 0 Å². The lowest BCUT2D eigenvalue weighted by atomic mass is 10.1. The average Bonchev–Trinajstić information content (AvgIpc) is 2.73. The fraction of sp³-hybridized carbons (Fsp3) is 0.304. The summed E-state index contributed by atoms with van der Waals surface area (Å²) in [4.78, 5) is 4.62. The molecule has 3 aromatic carbocycles. The molecule has 1 unspecified atom stereocenters. The van der Waals surface area contributed by atoms with Gasteiger partial charge in [0.25, 0.3) is 0 Å². The number of ether oxygens (including phenoxy) is 1. The van der Waals surface area contributed by atoms with Gasteiger partial charge in [0.2, 0.25) is 0 Å². The van der Waals surface area contributed by atoms with E-state index in [0.717, 1.165) is 57.9 Å². The maximum atomic E-state index is 10.4. The number of rotatable bonds is 6. The molecule has 6 heteroatoms. The topological polar surface area (TPSA) is 35.9 Å². The third-order valence-corrected chi connectivity index (χ3v) is 5.96. The van der Waals surface area contributed by atoms with Crippen LogP contribution >= 0.6 is 27.5 Å². The summed E-state index contributed by atoms with van der Waals surface area (Å²) in [5.41, 5.74) is 1.16. The number of piperazine rings is 1. The van der Waals surface area contributed by atoms with E-state index in [1.165, 1.54) is 0 Å². The first-order valence-electron chi connectivity index (χ1n) is 9.80. The summed E-state index contributed by atoms with van der Waals surface area (Å²) in [6.07, 6.45) is -0.520. The smallest absolute Gasteiger partial charge is 0.120 e. The zero-order chi connectivity index (χ0) is 20.2. The summed E-state index contributed by atoms with van der Waals surface area (Å²) in [5, 5.41) is 13.5. The lowest BCUT2D eigenvalue weighted by molar-refractivity contribution is 0.0663. The minimum atomic E-state index is -0.520. The molecular weight excluding hydrogens is 452 g/mol. The summed E-state index contributed by atoms with van der Waals surface area (Å²) in [5.74, 6) is 0.782. The van der Waals surface area contributed by atoms with E-state index in [1.54, 1.807) is 0 Å². The van der Waals surface area contributed by atoms with Crippen LogP contribution in [0, 0.1) is 0 Å². The van der Waals surface area contributed by atoms with Crippen molar-refractivity contribution in [2.75, 3.05) is 44.2 Å². The predicted octanol–water partition coefficient (Wildman–Crippen LogP) is 4.82. The maximum Gasteiger partial charge on any atom is 0.120 e. The van der Waals surface area contributed by atoms with Gasteiger partial charge in [-0.3, -0.25) is 4.90 Å². The van der Waals surface area contributed by atoms with E-state index in [4.69, 9.17) is 16.3 Å². The van der Waals surface area contributed by atoms with Crippen LogP contribution in [-0.4, -0.2) is 55.4 Å². The van der Waals surface area contributed by atoms with Crippen LogP contribution in [0.3, 0.4) is 0 Å². The summed E-state index contributed by atoms with van der Waals surface area (Å²) in [7, 11) is 0. The number of anilines is 1. The molecule has 1 N–H and O–H groups in total. The lowest BCUT2D eigenvalue weighted by Crippen LogP contribution is -2.49. The summed E-state index contributed by atoms with van der Waals surface area (Å²) >= 11 is 9.59. The second kappa shape index (κ2) is 9.35. The van der Waals surface area contributed by atoms with E-state index >= 15 is 0 Å². The number of aliphatic hydroxyl groups excluding tert-OH is 1. The summed E-state index contributed by atoms with van der Waals surface area (Å²) in [6, 6.07) is 20.1. The molecule has 4 rings (SSSR count). The van der Waals surface area contributed by atoms with Crippen molar-refractivity contribution < 1.29 is 9.84 Å². The third kappa shape index (κ3) is 5.43. The molecule has 0 aliphatic carbocycles. The Hall–Kier alpha value is -1.79. The zero-order valence-corrected chi connectivity index (χ0v) is 18.4. The van der Waals surface area contributed by atoms with Crippen molar-refractivity contribution in [3.05, 3.63) is 70.2 Å². The van der Waals surface area contributed by atoms with Crippen molar-refractivity contribution in [1.82, 2.24) is 4.90 Å². The van der Waals surface area contributed by atoms with Crippen molar-refractivity contribution in [2.24, 2.45) is 0 Å². The number of benzene rings is 3. The lowest BCUT2D eigenvalue weighted by Gasteiger charge is -2.36. The minimum absolute atomic E-state index is 0.288. The highest BCUT2D eigenvalue weighted by Gasteiger charge is 2.20. The number of hydrogen-bond donors (Lipinski definition) is 1. The van der Waals surface area contributed by atoms with Crippen LogP contribution in [0.4, 0.5) is 5.69 Å². The van der Waals surface area contributed by atoms with E-state index in [0.29, 0.717) is 6.54 Å². The van der Waals surface area contributed by atoms with E-state index in [1.807, 2.05) is 42.5 Å². The maximum absolute atomic E-state index is 10.4. The zero-order valence-electron chi connectivity index (χ0n) is 16.1. The van der Waals surface area contributed by atoms with Crippen LogP contribution < -0.4 is 9.64 Å². The van der Waals surface area contributed by atoms with Gasteiger partial charge in [-0.1, -0.05) is 45.7 Å². The molecule has 0 aromatic heterocycles. The highest BCUT2D eigenvalue weighted by Crippen LogP contribution is 2.24. The first-order valence-corrected chi connectivity index (χ1v) is 11.0. The van der Waals surface area contributed by atoms with Crippen LogP contribution in [0.5, 0.6) is 5.75 Å². The highest BCUT2D eigenvalue weighted by molar-refractivity contribution is 9.10. The number of halogens is 2. The van der Waals surface area contributed by atoms with Crippen molar-refractivity contribution in [2.45, 2.75) is 6.10 Å². The predicted molar refractivity (Wildman–Crippen MR) is 123 cm³/mol. The standard InChI is InChI=1S/C23H24BrClN2O2/c24-19-6-4-18-13-23(7-5-17(18)12-19)29-16-22(28)15-26-8-10-27(11-9-26)21-3-1-2-20(25)14-21/h1-7,12-14,22,28H,8-11,15-16H2. The van der Waals surface area contributed by atoms with Gasteiger partial charge in [0.1, 0.15) is 18.5 Å². The van der Waals surface area contributed by atoms with Crippen LogP contribution in [0.25, 0.3) is 10.8 Å². The molecule has 0 bridgehead atoms. The number of fused-ring (bicyclic) bond motifs is 1. The van der Waals surface area contributed by atoms with Crippen molar-refractivity contribution in [3.63, 3.8) is 0 Å². The van der Waals surface area contributed by atoms with E-state index in [-0.39, 0.29) is 6.61 Å². The molecule has 1 heterocycles. The molecule has 1 aliphatic heterocycles. The Bertz CT molecular complexity index is 976. The largest absolute Gasteiger partial charge is 0.491 e. The number of nitrogens with zero attached hydrogens (tertiary/aromatic N) is 2. The molecule has 0 amide bonds. The Labute approximate surface area is 184 Å². The number of hydrogen-bond acceptors (Lipinski definition) is 4. The fourth-order valence-corrected chi connectivity index (χ4v) is 4.25. The van der Waals surface area contributed by atoms with Crippen molar-refractivity contribution in [3.8, 4) is 5.75 Å². The van der Waals surface area contributed by atoms with E-state index in [2.05, 4.69) is 43.9 Å². The molecule has 1 saturated heterocycles. The second-order valence-corrected chi connectivity index (χ2v) is 8.74. The minimum Gasteiger partial charge on any atom is -0.491 e. The normalized spacial score (nSPS) is 16.2. The molecule has 3 aromatic rings. The molecule has 1 aliphatic rings. The van der Waals surface area contributed by atoms with Gasteiger partial charge in [-0.05, 0) is 53.2 Å². The first kappa shape index (κ1) is 20.5. The molecule has 1 fully saturated rings. The Balaban J connectivity index is 1.25. The van der Waals surface area contributed by atoms with Gasteiger partial charge in [-0.15, -0.1) is 0 Å². The van der Waals surface area contributed by atoms with Crippen LogP contribution in [0.15, 0.2) is 65.1 Å². The molecule has 29 heavy (non-hydrogen) atoms. The molecule has 4 nitrogen and oxygen atoms in total. The Morgan fingerprint density at radius 3 is 2.52 bits per heavy atom. The third-order valence-electron chi connectivity index (χ3n) is 5.23. The molecule has 0 radical (unpaired) electrons. The van der Waals surface area contributed by atoms with Crippen molar-refractivity contribution >= 4 is 44.0 Å². The Kier molecular flexibility index (Phi) is 6.60. The molecule has 0 saturated carbocycles. The summed E-state index contributed by atoms with van der Waals surface area (Å²) in [6.45, 7) is 4.58.